The van der Waals surface area contributed by atoms with Crippen LogP contribution in [0.3, 0.4) is 0 Å². The van der Waals surface area contributed by atoms with Crippen LogP contribution < -0.4 is 5.73 Å². The zero-order valence-electron chi connectivity index (χ0n) is 4.60. The van der Waals surface area contributed by atoms with Crippen LogP contribution in [0, 0.1) is 0 Å². The van der Waals surface area contributed by atoms with Crippen molar-refractivity contribution in [3.05, 3.63) is 0 Å². The van der Waals surface area contributed by atoms with Crippen LogP contribution in [0.2, 0.25) is 0 Å². The molecule has 6 heavy (non-hydrogen) atoms. The van der Waals surface area contributed by atoms with Gasteiger partial charge in [-0.1, -0.05) is 0 Å². The highest BCUT2D eigenvalue weighted by atomic mass is 32.1. The molecule has 36 valence electrons. The van der Waals surface area contributed by atoms with E-state index in [-0.39, 0.29) is 6.60 Å². The summed E-state index contributed by atoms with van der Waals surface area (Å²) in [4.78, 5) is 0. The summed E-state index contributed by atoms with van der Waals surface area (Å²) in [6, 6.07) is 0. The van der Waals surface area contributed by atoms with Crippen molar-refractivity contribution in [2.24, 2.45) is 5.73 Å². The van der Waals surface area contributed by atoms with Crippen molar-refractivity contribution in [1.29, 1.82) is 0 Å². The molecule has 0 aliphatic heterocycles. The lowest BCUT2D eigenvalue weighted by Gasteiger charge is -1.93. The fourth-order valence-electron chi connectivity index (χ4n) is 0.142. The van der Waals surface area contributed by atoms with Crippen LogP contribution in [0.1, 0.15) is 8.35 Å². The van der Waals surface area contributed by atoms with Crippen LogP contribution in [0.4, 0.5) is 0 Å². The van der Waals surface area contributed by atoms with Gasteiger partial charge in [0.2, 0.25) is 0 Å². The second-order valence-corrected chi connectivity index (χ2v) is 1.15. The average Bonchev–Trinajstić information content (AvgIpc) is 1.35. The van der Waals surface area contributed by atoms with Crippen molar-refractivity contribution in [1.82, 2.24) is 0 Å². The quantitative estimate of drug-likeness (QED) is 0.491. The van der Waals surface area contributed by atoms with Crippen LogP contribution in [0.25, 0.3) is 0 Å². The van der Waals surface area contributed by atoms with E-state index in [4.69, 9.17) is 5.73 Å². The molecule has 0 aliphatic carbocycles. The Hall–Kier alpha value is -0.310. The maximum absolute atomic E-state index is 4.91. The van der Waals surface area contributed by atoms with Crippen molar-refractivity contribution < 1.29 is 6.16 Å². The first-order valence-corrected chi connectivity index (χ1v) is 2.10. The van der Waals surface area contributed by atoms with Crippen LogP contribution in [0.15, 0.2) is 0 Å². The first kappa shape index (κ1) is 5.69. The van der Waals surface area contributed by atoms with Gasteiger partial charge in [-0.05, 0) is 19.1 Å². The highest BCUT2D eigenvalue weighted by Crippen LogP contribution is 1.67. The molecule has 0 bridgehead atoms. The molecule has 0 radical (unpaired) electrons. The summed E-state index contributed by atoms with van der Waals surface area (Å²) in [5, 5.41) is 0.123. The number of hydrogen-bond acceptors (Lipinski definition) is 2. The monoisotopic (exact) mass is 106 g/mol. The fraction of sp³-hybridized carbons (Fsp3) is 0.667. The van der Waals surface area contributed by atoms with E-state index in [0.29, 0.717) is 6.61 Å². The third-order valence-corrected chi connectivity index (χ3v) is 0.404. The molecular weight excluding hydrogens is 98.1 g/mol. The number of thiocarbonyl (C=S) groups is 1. The van der Waals surface area contributed by atoms with Crippen molar-refractivity contribution in [3.8, 4) is 0 Å². The first-order valence-electron chi connectivity index (χ1n) is 1.69. The molecule has 2 N–H and O–H groups in total. The van der Waals surface area contributed by atoms with Crippen molar-refractivity contribution in [2.45, 2.75) is 6.92 Å². The van der Waals surface area contributed by atoms with Crippen molar-refractivity contribution in [3.63, 3.8) is 0 Å². The minimum absolute atomic E-state index is 0. The fourth-order valence-corrected chi connectivity index (χ4v) is 0.260. The number of ether oxygens (including phenoxy) is 1. The van der Waals surface area contributed by atoms with E-state index < -0.39 is 0 Å². The van der Waals surface area contributed by atoms with Crippen LogP contribution in [-0.4, -0.2) is 11.8 Å². The summed E-state index contributed by atoms with van der Waals surface area (Å²) < 4.78 is 4.55. The lowest BCUT2D eigenvalue weighted by atomic mass is 10.9. The number of nitrogens with two attached hydrogens (primary N) is 1. The van der Waals surface area contributed by atoms with Gasteiger partial charge >= 0.3 is 1.43 Å². The van der Waals surface area contributed by atoms with E-state index in [0.717, 1.165) is 0 Å². The maximum Gasteiger partial charge on any atom is 1.00 e. The topological polar surface area (TPSA) is 35.2 Å². The van der Waals surface area contributed by atoms with Crippen LogP contribution >= 0.6 is 12.2 Å². The number of rotatable bonds is 1. The van der Waals surface area contributed by atoms with Gasteiger partial charge < -0.3 is 10.5 Å². The Morgan fingerprint density at radius 1 is 2.17 bits per heavy atom. The van der Waals surface area contributed by atoms with Gasteiger partial charge in [0, 0.05) is 0 Å². The Kier molecular flexibility index (Phi) is 2.75. The van der Waals surface area contributed by atoms with Crippen molar-refractivity contribution in [2.75, 3.05) is 6.61 Å². The minimum atomic E-state index is 0. The molecule has 0 heterocycles. The summed E-state index contributed by atoms with van der Waals surface area (Å²) in [7, 11) is 0. The van der Waals surface area contributed by atoms with Gasteiger partial charge in [-0.25, -0.2) is 0 Å². The van der Waals surface area contributed by atoms with E-state index in [1.165, 1.54) is 0 Å². The Bertz CT molecular complexity index is 58.9. The predicted molar refractivity (Wildman–Crippen MR) is 29.5 cm³/mol. The Morgan fingerprint density at radius 2 is 2.67 bits per heavy atom. The molecule has 0 atom stereocenters. The van der Waals surface area contributed by atoms with Gasteiger partial charge in [-0.3, -0.25) is 0 Å². The van der Waals surface area contributed by atoms with Gasteiger partial charge in [0.05, 0.1) is 6.61 Å². The van der Waals surface area contributed by atoms with E-state index in [1.807, 2.05) is 6.92 Å². The molecule has 0 rings (SSSR count). The van der Waals surface area contributed by atoms with E-state index in [9.17, 15) is 0 Å². The molecule has 0 aromatic heterocycles. The summed E-state index contributed by atoms with van der Waals surface area (Å²) >= 11 is 4.35. The second-order valence-electron chi connectivity index (χ2n) is 0.752. The van der Waals surface area contributed by atoms with Gasteiger partial charge in [0.25, 0.3) is 5.17 Å². The Labute approximate surface area is 43.8 Å². The minimum Gasteiger partial charge on any atom is -0.472 e. The average molecular weight is 106 g/mol. The van der Waals surface area contributed by atoms with Gasteiger partial charge in [0.15, 0.2) is 0 Å². The largest absolute Gasteiger partial charge is 1.00 e. The summed E-state index contributed by atoms with van der Waals surface area (Å²) in [6.07, 6.45) is 0. The maximum atomic E-state index is 4.91. The highest BCUT2D eigenvalue weighted by molar-refractivity contribution is 7.80. The van der Waals surface area contributed by atoms with E-state index in [1.54, 1.807) is 0 Å². The molecule has 0 unspecified atom stereocenters. The summed E-state index contributed by atoms with van der Waals surface area (Å²) in [5.74, 6) is 0. The zero-order chi connectivity index (χ0) is 4.99. The second kappa shape index (κ2) is 2.90. The van der Waals surface area contributed by atoms with Gasteiger partial charge in [-0.2, -0.15) is 0 Å². The Morgan fingerprint density at radius 3 is 2.67 bits per heavy atom. The normalized spacial score (nSPS) is 7.50. The lowest BCUT2D eigenvalue weighted by molar-refractivity contribution is 0.331. The zero-order valence-corrected chi connectivity index (χ0v) is 4.42. The molecule has 0 saturated heterocycles. The first-order chi connectivity index (χ1) is 2.77. The molecular formula is C3H8NOS+. The molecule has 0 aromatic carbocycles. The predicted octanol–water partition coefficient (Wildman–Crippen LogP) is 0.379. The highest BCUT2D eigenvalue weighted by Gasteiger charge is 1.76. The molecule has 0 aliphatic rings. The van der Waals surface area contributed by atoms with Crippen LogP contribution in [0.5, 0.6) is 0 Å². The SMILES string of the molecule is CCOC(N)=S.[H+]. The van der Waals surface area contributed by atoms with Gasteiger partial charge in [0.1, 0.15) is 0 Å². The van der Waals surface area contributed by atoms with Gasteiger partial charge in [-0.15, -0.1) is 0 Å². The number of hydrogen-bond donors (Lipinski definition) is 1. The standard InChI is InChI=1S/C3H7NOS/c1-2-5-3(4)6/h2H2,1H3,(H2,4,6)/p+1. The van der Waals surface area contributed by atoms with E-state index >= 15 is 0 Å². The molecule has 2 nitrogen and oxygen atoms in total. The van der Waals surface area contributed by atoms with Crippen LogP contribution in [-0.2, 0) is 4.74 Å². The Balaban J connectivity index is 0. The molecule has 3 heteroatoms. The summed E-state index contributed by atoms with van der Waals surface area (Å²) in [6.45, 7) is 2.40. The lowest BCUT2D eigenvalue weighted by Crippen LogP contribution is -2.11. The van der Waals surface area contributed by atoms with Crippen molar-refractivity contribution >= 4 is 17.4 Å². The molecule has 0 fully saturated rings. The molecule has 0 spiro atoms. The third kappa shape index (κ3) is 3.69. The molecule has 0 saturated carbocycles. The molecule has 0 aromatic rings. The van der Waals surface area contributed by atoms with E-state index in [2.05, 4.69) is 17.0 Å². The summed E-state index contributed by atoms with van der Waals surface area (Å²) in [5.41, 5.74) is 4.91. The third-order valence-electron chi connectivity index (χ3n) is 0.287. The molecule has 0 amide bonds. The smallest absolute Gasteiger partial charge is 0.472 e.